The fourth-order valence-electron chi connectivity index (χ4n) is 3.35. The Morgan fingerprint density at radius 3 is 2.60 bits per heavy atom. The molecule has 1 saturated heterocycles. The highest BCUT2D eigenvalue weighted by atomic mass is 16.5. The van der Waals surface area contributed by atoms with E-state index in [1.54, 1.807) is 6.07 Å². The molecule has 2 aromatic rings. The number of hydrogen-bond acceptors (Lipinski definition) is 4. The molecule has 2 atom stereocenters. The largest absolute Gasteiger partial charge is 0.366 e. The van der Waals surface area contributed by atoms with Crippen LogP contribution in [0, 0.1) is 5.92 Å². The molecule has 25 heavy (non-hydrogen) atoms. The molecule has 5 nitrogen and oxygen atoms in total. The Hall–Kier alpha value is -2.14. The minimum Gasteiger partial charge on any atom is -0.366 e. The zero-order chi connectivity index (χ0) is 17.4. The maximum absolute atomic E-state index is 12.9. The first-order valence-electron chi connectivity index (χ1n) is 9.08. The number of carbonyl (C=O) groups excluding carboxylic acids is 1. The van der Waals surface area contributed by atoms with E-state index < -0.39 is 0 Å². The lowest BCUT2D eigenvalue weighted by atomic mass is 10.0. The van der Waals surface area contributed by atoms with Crippen LogP contribution < -0.4 is 0 Å². The van der Waals surface area contributed by atoms with Crippen molar-refractivity contribution >= 4 is 5.91 Å². The standard InChI is InChI=1S/C20H24N2O3/c1-13(2)16-10-17(25-21-16)20(23)22-11-18(14-6-4-3-5-7-14)24-19(12-22)15-8-9-15/h3-7,10,13,15,18-19H,8-9,11-12H2,1-2H3/t18-,19+/m0/s1. The number of aromatic nitrogens is 1. The van der Waals surface area contributed by atoms with Gasteiger partial charge < -0.3 is 14.2 Å². The highest BCUT2D eigenvalue weighted by molar-refractivity contribution is 5.91. The van der Waals surface area contributed by atoms with Crippen LogP contribution in [0.1, 0.15) is 60.5 Å². The van der Waals surface area contributed by atoms with Gasteiger partial charge in [0.25, 0.3) is 5.91 Å². The van der Waals surface area contributed by atoms with Gasteiger partial charge in [0, 0.05) is 12.6 Å². The number of carbonyl (C=O) groups is 1. The summed E-state index contributed by atoms with van der Waals surface area (Å²) in [4.78, 5) is 14.8. The predicted octanol–water partition coefficient (Wildman–Crippen LogP) is 3.79. The molecule has 0 spiro atoms. The minimum absolute atomic E-state index is 0.0861. The molecule has 1 amide bonds. The summed E-state index contributed by atoms with van der Waals surface area (Å²) in [6.45, 7) is 5.25. The number of benzene rings is 1. The average molecular weight is 340 g/mol. The van der Waals surface area contributed by atoms with E-state index in [1.165, 1.54) is 12.8 Å². The van der Waals surface area contributed by atoms with Crippen molar-refractivity contribution in [3.63, 3.8) is 0 Å². The van der Waals surface area contributed by atoms with E-state index >= 15 is 0 Å². The molecule has 1 aliphatic heterocycles. The Kier molecular flexibility index (Phi) is 4.34. The van der Waals surface area contributed by atoms with Crippen molar-refractivity contribution in [3.05, 3.63) is 53.4 Å². The van der Waals surface area contributed by atoms with E-state index in [0.717, 1.165) is 11.3 Å². The van der Waals surface area contributed by atoms with Gasteiger partial charge >= 0.3 is 0 Å². The van der Waals surface area contributed by atoms with Crippen molar-refractivity contribution in [3.8, 4) is 0 Å². The zero-order valence-electron chi connectivity index (χ0n) is 14.7. The van der Waals surface area contributed by atoms with Crippen molar-refractivity contribution in [2.24, 2.45) is 5.92 Å². The van der Waals surface area contributed by atoms with Crippen molar-refractivity contribution in [1.82, 2.24) is 10.1 Å². The lowest BCUT2D eigenvalue weighted by Crippen LogP contribution is -2.47. The second-order valence-corrected chi connectivity index (χ2v) is 7.39. The molecule has 0 radical (unpaired) electrons. The second-order valence-electron chi connectivity index (χ2n) is 7.39. The lowest BCUT2D eigenvalue weighted by Gasteiger charge is -2.38. The summed E-state index contributed by atoms with van der Waals surface area (Å²) >= 11 is 0. The SMILES string of the molecule is CC(C)c1cc(C(=O)N2C[C@@H](c3ccccc3)O[C@@H](C3CC3)C2)on1. The van der Waals surface area contributed by atoms with Crippen molar-refractivity contribution < 1.29 is 14.1 Å². The number of ether oxygens (including phenoxy) is 1. The van der Waals surface area contributed by atoms with Gasteiger partial charge in [-0.2, -0.15) is 0 Å². The van der Waals surface area contributed by atoms with E-state index in [0.29, 0.717) is 24.8 Å². The summed E-state index contributed by atoms with van der Waals surface area (Å²) in [7, 11) is 0. The maximum atomic E-state index is 12.9. The third kappa shape index (κ3) is 3.47. The Balaban J connectivity index is 1.55. The first-order valence-corrected chi connectivity index (χ1v) is 9.08. The van der Waals surface area contributed by atoms with Crippen LogP contribution in [-0.4, -0.2) is 35.2 Å². The Labute approximate surface area is 147 Å². The van der Waals surface area contributed by atoms with Gasteiger partial charge in [-0.25, -0.2) is 0 Å². The normalized spacial score (nSPS) is 23.9. The van der Waals surface area contributed by atoms with E-state index in [2.05, 4.69) is 17.3 Å². The van der Waals surface area contributed by atoms with Crippen LogP contribution in [0.2, 0.25) is 0 Å². The fourth-order valence-corrected chi connectivity index (χ4v) is 3.35. The summed E-state index contributed by atoms with van der Waals surface area (Å²) in [6, 6.07) is 11.9. The Morgan fingerprint density at radius 1 is 1.20 bits per heavy atom. The molecule has 1 aliphatic carbocycles. The lowest BCUT2D eigenvalue weighted by molar-refractivity contribution is -0.0869. The Bertz CT molecular complexity index is 736. The molecule has 132 valence electrons. The van der Waals surface area contributed by atoms with Crippen LogP contribution in [0.5, 0.6) is 0 Å². The molecule has 5 heteroatoms. The summed E-state index contributed by atoms with van der Waals surface area (Å²) in [6.07, 6.45) is 2.40. The molecule has 1 saturated carbocycles. The van der Waals surface area contributed by atoms with Gasteiger partial charge in [-0.3, -0.25) is 4.79 Å². The van der Waals surface area contributed by atoms with Gasteiger partial charge in [-0.05, 0) is 30.2 Å². The predicted molar refractivity (Wildman–Crippen MR) is 93.3 cm³/mol. The van der Waals surface area contributed by atoms with E-state index in [4.69, 9.17) is 9.26 Å². The molecule has 0 N–H and O–H groups in total. The number of rotatable bonds is 4. The van der Waals surface area contributed by atoms with E-state index in [1.807, 2.05) is 36.9 Å². The zero-order valence-corrected chi connectivity index (χ0v) is 14.7. The van der Waals surface area contributed by atoms with Gasteiger partial charge in [0.2, 0.25) is 5.76 Å². The molecule has 1 aromatic heterocycles. The van der Waals surface area contributed by atoms with E-state index in [9.17, 15) is 4.79 Å². The molecular weight excluding hydrogens is 316 g/mol. The van der Waals surface area contributed by atoms with E-state index in [-0.39, 0.29) is 24.0 Å². The van der Waals surface area contributed by atoms with Crippen LogP contribution in [0.4, 0.5) is 0 Å². The summed E-state index contributed by atoms with van der Waals surface area (Å²) in [5, 5.41) is 4.02. The molecule has 2 fully saturated rings. The molecule has 2 heterocycles. The van der Waals surface area contributed by atoms with Gasteiger partial charge in [0.1, 0.15) is 6.10 Å². The van der Waals surface area contributed by atoms with Crippen molar-refractivity contribution in [1.29, 1.82) is 0 Å². The first kappa shape index (κ1) is 16.3. The summed E-state index contributed by atoms with van der Waals surface area (Å²) < 4.78 is 11.6. The average Bonchev–Trinajstić information content (AvgIpc) is 3.37. The quantitative estimate of drug-likeness (QED) is 0.850. The van der Waals surface area contributed by atoms with Crippen molar-refractivity contribution in [2.75, 3.05) is 13.1 Å². The van der Waals surface area contributed by atoms with Crippen LogP contribution >= 0.6 is 0 Å². The topological polar surface area (TPSA) is 55.6 Å². The monoisotopic (exact) mass is 340 g/mol. The number of nitrogens with zero attached hydrogens (tertiary/aromatic N) is 2. The smallest absolute Gasteiger partial charge is 0.292 e. The highest BCUT2D eigenvalue weighted by Gasteiger charge is 2.40. The number of amides is 1. The van der Waals surface area contributed by atoms with Crippen LogP contribution in [0.15, 0.2) is 40.9 Å². The van der Waals surface area contributed by atoms with Crippen LogP contribution in [0.3, 0.4) is 0 Å². The van der Waals surface area contributed by atoms with Crippen molar-refractivity contribution in [2.45, 2.75) is 44.8 Å². The maximum Gasteiger partial charge on any atom is 0.292 e. The highest BCUT2D eigenvalue weighted by Crippen LogP contribution is 2.39. The fraction of sp³-hybridized carbons (Fsp3) is 0.500. The van der Waals surface area contributed by atoms with Crippen LogP contribution in [-0.2, 0) is 4.74 Å². The third-order valence-electron chi connectivity index (χ3n) is 5.06. The molecule has 0 bridgehead atoms. The Morgan fingerprint density at radius 2 is 1.96 bits per heavy atom. The number of hydrogen-bond donors (Lipinski definition) is 0. The molecule has 4 rings (SSSR count). The first-order chi connectivity index (χ1) is 12.1. The second kappa shape index (κ2) is 6.64. The third-order valence-corrected chi connectivity index (χ3v) is 5.06. The molecule has 1 aromatic carbocycles. The van der Waals surface area contributed by atoms with Gasteiger partial charge in [0.15, 0.2) is 0 Å². The number of morpholine rings is 1. The molecular formula is C20H24N2O3. The molecule has 0 unspecified atom stereocenters. The van der Waals surface area contributed by atoms with Gasteiger partial charge in [0.05, 0.1) is 18.3 Å². The van der Waals surface area contributed by atoms with Gasteiger partial charge in [-0.1, -0.05) is 49.3 Å². The van der Waals surface area contributed by atoms with Crippen LogP contribution in [0.25, 0.3) is 0 Å². The molecule has 2 aliphatic rings. The summed E-state index contributed by atoms with van der Waals surface area (Å²) in [5.74, 6) is 1.05. The minimum atomic E-state index is -0.0886. The van der Waals surface area contributed by atoms with Gasteiger partial charge in [-0.15, -0.1) is 0 Å². The summed E-state index contributed by atoms with van der Waals surface area (Å²) in [5.41, 5.74) is 1.93.